The lowest BCUT2D eigenvalue weighted by Crippen LogP contribution is -2.65. The predicted octanol–water partition coefficient (Wildman–Crippen LogP) is 14.6. The van der Waals surface area contributed by atoms with E-state index < -0.39 is 86.8 Å². The first kappa shape index (κ1) is 78.8. The quantitative estimate of drug-likeness (QED) is 0.0204. The number of aliphatic hydroxyl groups is 8. The topological polar surface area (TPSA) is 228 Å². The molecule has 2 heterocycles. The molecule has 14 nitrogen and oxygen atoms in total. The second-order valence-corrected chi connectivity index (χ2v) is 25.7. The van der Waals surface area contributed by atoms with Crippen LogP contribution >= 0.6 is 0 Å². The highest BCUT2D eigenvalue weighted by Gasteiger charge is 2.51. The molecule has 2 rings (SSSR count). The number of rotatable bonds is 60. The number of hydrogen-bond acceptors (Lipinski definition) is 13. The highest BCUT2D eigenvalue weighted by atomic mass is 16.7. The zero-order valence-corrected chi connectivity index (χ0v) is 54.2. The van der Waals surface area contributed by atoms with Crippen LogP contribution in [0.2, 0.25) is 0 Å². The fraction of sp³-hybridized carbons (Fsp3) is 0.957. The SMILES string of the molecule is CCCCCCCCCC/C=C\CCCCCCCCCCCCCCCCCCCCCC(=O)NC(COC1OC(CO)C(OC2OC(CO)C(O)C(O)C2O)C(O)C1O)C(O)CCCCCCCCCCCCCCCCCCCCC. The molecule has 2 saturated heterocycles. The summed E-state index contributed by atoms with van der Waals surface area (Å²) in [6.45, 7) is 2.92. The summed E-state index contributed by atoms with van der Waals surface area (Å²) in [6.07, 6.45) is 50.9. The standard InChI is InChI=1S/C70H135NO13/c1-3-5-7-9-11-13-15-17-19-21-23-24-25-26-27-28-29-30-31-32-33-34-36-38-40-42-44-46-48-50-52-54-62(75)71-58(59(74)53-51-49-47-45-43-41-39-37-35-22-20-18-16-14-12-10-8-6-4-2)57-81-69-67(80)65(78)68(61(56-73)83-69)84-70-66(79)64(77)63(76)60(55-72)82-70/h21,23,58-61,63-70,72-74,76-80H,3-20,22,24-57H2,1-2H3,(H,71,75)/b23-21-. The smallest absolute Gasteiger partial charge is 0.220 e. The Hall–Kier alpha value is -1.27. The summed E-state index contributed by atoms with van der Waals surface area (Å²) < 4.78 is 22.9. The van der Waals surface area contributed by atoms with Crippen molar-refractivity contribution in [2.24, 2.45) is 0 Å². The van der Waals surface area contributed by atoms with Gasteiger partial charge in [0.2, 0.25) is 5.91 Å². The Morgan fingerprint density at radius 1 is 0.417 bits per heavy atom. The molecule has 0 aromatic heterocycles. The van der Waals surface area contributed by atoms with E-state index in [0.29, 0.717) is 12.8 Å². The lowest BCUT2D eigenvalue weighted by Gasteiger charge is -2.46. The third-order valence-corrected chi connectivity index (χ3v) is 18.0. The molecule has 2 fully saturated rings. The minimum Gasteiger partial charge on any atom is -0.394 e. The lowest BCUT2D eigenvalue weighted by molar-refractivity contribution is -0.359. The number of allylic oxidation sites excluding steroid dienone is 2. The molecular weight excluding hydrogens is 1060 g/mol. The fourth-order valence-corrected chi connectivity index (χ4v) is 12.2. The van der Waals surface area contributed by atoms with Crippen LogP contribution in [-0.2, 0) is 23.7 Å². The summed E-state index contributed by atoms with van der Waals surface area (Å²) in [5.41, 5.74) is 0. The van der Waals surface area contributed by atoms with Gasteiger partial charge in [0.1, 0.15) is 48.8 Å². The largest absolute Gasteiger partial charge is 0.394 e. The van der Waals surface area contributed by atoms with Gasteiger partial charge in [-0.2, -0.15) is 0 Å². The molecule has 84 heavy (non-hydrogen) atoms. The number of aliphatic hydroxyl groups excluding tert-OH is 8. The van der Waals surface area contributed by atoms with E-state index >= 15 is 0 Å². The van der Waals surface area contributed by atoms with Crippen LogP contribution in [0, 0.1) is 0 Å². The van der Waals surface area contributed by atoms with Crippen molar-refractivity contribution in [1.29, 1.82) is 0 Å². The van der Waals surface area contributed by atoms with E-state index in [1.807, 2.05) is 0 Å². The van der Waals surface area contributed by atoms with Crippen molar-refractivity contribution >= 4 is 5.91 Å². The van der Waals surface area contributed by atoms with Crippen molar-refractivity contribution < 1.29 is 64.6 Å². The molecule has 12 unspecified atom stereocenters. The van der Waals surface area contributed by atoms with Crippen molar-refractivity contribution in [3.05, 3.63) is 12.2 Å². The minimum atomic E-state index is -1.78. The summed E-state index contributed by atoms with van der Waals surface area (Å²) >= 11 is 0. The van der Waals surface area contributed by atoms with Gasteiger partial charge in [0.25, 0.3) is 0 Å². The highest BCUT2D eigenvalue weighted by molar-refractivity contribution is 5.76. The first-order valence-corrected chi connectivity index (χ1v) is 35.9. The minimum absolute atomic E-state index is 0.198. The van der Waals surface area contributed by atoms with Gasteiger partial charge in [0.15, 0.2) is 12.6 Å². The summed E-state index contributed by atoms with van der Waals surface area (Å²) in [6, 6.07) is -0.826. The van der Waals surface area contributed by atoms with E-state index in [1.54, 1.807) is 0 Å². The van der Waals surface area contributed by atoms with Crippen LogP contribution in [0.4, 0.5) is 0 Å². The number of carbonyl (C=O) groups excluding carboxylic acids is 1. The summed E-state index contributed by atoms with van der Waals surface area (Å²) in [5, 5.41) is 87.6. The van der Waals surface area contributed by atoms with Crippen molar-refractivity contribution in [2.45, 2.75) is 408 Å². The van der Waals surface area contributed by atoms with E-state index in [1.165, 1.54) is 257 Å². The Morgan fingerprint density at radius 3 is 1.13 bits per heavy atom. The van der Waals surface area contributed by atoms with Gasteiger partial charge in [-0.1, -0.05) is 302 Å². The van der Waals surface area contributed by atoms with Gasteiger partial charge in [0, 0.05) is 6.42 Å². The second kappa shape index (κ2) is 55.8. The van der Waals surface area contributed by atoms with E-state index in [9.17, 15) is 45.6 Å². The number of amides is 1. The van der Waals surface area contributed by atoms with Crippen LogP contribution in [0.25, 0.3) is 0 Å². The summed E-state index contributed by atoms with van der Waals surface area (Å²) in [5.74, 6) is -0.198. The molecule has 0 aromatic rings. The lowest BCUT2D eigenvalue weighted by atomic mass is 9.97. The predicted molar refractivity (Wildman–Crippen MR) is 342 cm³/mol. The van der Waals surface area contributed by atoms with Crippen LogP contribution in [0.15, 0.2) is 12.2 Å². The van der Waals surface area contributed by atoms with Gasteiger partial charge in [-0.15, -0.1) is 0 Å². The van der Waals surface area contributed by atoms with Gasteiger partial charge < -0.3 is 65.1 Å². The third kappa shape index (κ3) is 39.7. The molecule has 498 valence electrons. The molecule has 0 saturated carbocycles. The van der Waals surface area contributed by atoms with Crippen molar-refractivity contribution in [3.63, 3.8) is 0 Å². The average molecular weight is 1200 g/mol. The maximum atomic E-state index is 13.4. The molecule has 0 aliphatic carbocycles. The molecule has 0 radical (unpaired) electrons. The maximum absolute atomic E-state index is 13.4. The Labute approximate surface area is 514 Å². The molecule has 0 aromatic carbocycles. The first-order chi connectivity index (χ1) is 41.1. The summed E-state index contributed by atoms with van der Waals surface area (Å²) in [4.78, 5) is 13.4. The Morgan fingerprint density at radius 2 is 0.750 bits per heavy atom. The van der Waals surface area contributed by atoms with Crippen LogP contribution in [0.5, 0.6) is 0 Å². The molecule has 9 N–H and O–H groups in total. The maximum Gasteiger partial charge on any atom is 0.220 e. The second-order valence-electron chi connectivity index (χ2n) is 25.7. The number of ether oxygens (including phenoxy) is 4. The van der Waals surface area contributed by atoms with Crippen molar-refractivity contribution in [3.8, 4) is 0 Å². The Kier molecular flexibility index (Phi) is 52.3. The van der Waals surface area contributed by atoms with Crippen molar-refractivity contribution in [2.75, 3.05) is 19.8 Å². The number of hydrogen-bond donors (Lipinski definition) is 9. The number of unbranched alkanes of at least 4 members (excludes halogenated alkanes) is 45. The fourth-order valence-electron chi connectivity index (χ4n) is 12.2. The molecule has 0 spiro atoms. The van der Waals surface area contributed by atoms with Gasteiger partial charge in [-0.25, -0.2) is 0 Å². The van der Waals surface area contributed by atoms with Gasteiger partial charge >= 0.3 is 0 Å². The zero-order valence-electron chi connectivity index (χ0n) is 54.2. The molecule has 0 bridgehead atoms. The molecular formula is C70H135NO13. The monoisotopic (exact) mass is 1200 g/mol. The van der Waals surface area contributed by atoms with Crippen molar-refractivity contribution in [1.82, 2.24) is 5.32 Å². The van der Waals surface area contributed by atoms with Crippen LogP contribution in [0.1, 0.15) is 335 Å². The first-order valence-electron chi connectivity index (χ1n) is 35.9. The Balaban J connectivity index is 1.63. The Bertz CT molecular complexity index is 1460. The van der Waals surface area contributed by atoms with E-state index in [4.69, 9.17) is 18.9 Å². The van der Waals surface area contributed by atoms with E-state index in [2.05, 4.69) is 31.3 Å². The number of carbonyl (C=O) groups is 1. The highest BCUT2D eigenvalue weighted by Crippen LogP contribution is 2.30. The van der Waals surface area contributed by atoms with Crippen LogP contribution in [0.3, 0.4) is 0 Å². The van der Waals surface area contributed by atoms with Gasteiger partial charge in [-0.05, 0) is 38.5 Å². The van der Waals surface area contributed by atoms with Gasteiger partial charge in [0.05, 0.1) is 32.0 Å². The molecule has 14 heteroatoms. The molecule has 1 amide bonds. The van der Waals surface area contributed by atoms with Crippen LogP contribution < -0.4 is 5.32 Å². The van der Waals surface area contributed by atoms with Gasteiger partial charge in [-0.3, -0.25) is 4.79 Å². The van der Waals surface area contributed by atoms with E-state index in [0.717, 1.165) is 51.4 Å². The number of nitrogens with one attached hydrogen (secondary N) is 1. The molecule has 2 aliphatic heterocycles. The van der Waals surface area contributed by atoms with Crippen LogP contribution in [-0.4, -0.2) is 140 Å². The molecule has 2 aliphatic rings. The van der Waals surface area contributed by atoms with E-state index in [-0.39, 0.29) is 12.5 Å². The third-order valence-electron chi connectivity index (χ3n) is 18.0. The normalized spacial score (nSPS) is 23.6. The zero-order chi connectivity index (χ0) is 60.9. The average Bonchev–Trinajstić information content (AvgIpc) is 3.18. The molecule has 12 atom stereocenters. The summed E-state index contributed by atoms with van der Waals surface area (Å²) in [7, 11) is 0.